The highest BCUT2D eigenvalue weighted by molar-refractivity contribution is 4.84. The highest BCUT2D eigenvalue weighted by Crippen LogP contribution is 2.34. The van der Waals surface area contributed by atoms with Crippen LogP contribution in [0.4, 0.5) is 0 Å². The van der Waals surface area contributed by atoms with Gasteiger partial charge in [0.25, 0.3) is 0 Å². The summed E-state index contributed by atoms with van der Waals surface area (Å²) < 4.78 is 5.73. The van der Waals surface area contributed by atoms with Crippen LogP contribution in [0.2, 0.25) is 0 Å². The zero-order chi connectivity index (χ0) is 9.80. The van der Waals surface area contributed by atoms with Crippen LogP contribution in [0.3, 0.4) is 0 Å². The van der Waals surface area contributed by atoms with E-state index in [-0.39, 0.29) is 0 Å². The topological polar surface area (TPSA) is 21.3 Å². The lowest BCUT2D eigenvalue weighted by Gasteiger charge is -2.33. The molecule has 2 heteroatoms. The minimum atomic E-state index is 0.533. The minimum absolute atomic E-state index is 0.533. The Kier molecular flexibility index (Phi) is 3.82. The predicted molar refractivity (Wildman–Crippen MR) is 58.3 cm³/mol. The van der Waals surface area contributed by atoms with E-state index in [1.807, 2.05) is 7.11 Å². The van der Waals surface area contributed by atoms with Gasteiger partial charge in [0.2, 0.25) is 0 Å². The molecule has 2 nitrogen and oxygen atoms in total. The van der Waals surface area contributed by atoms with Crippen LogP contribution < -0.4 is 5.32 Å². The van der Waals surface area contributed by atoms with Gasteiger partial charge < -0.3 is 10.1 Å². The quantitative estimate of drug-likeness (QED) is 0.749. The largest absolute Gasteiger partial charge is 0.381 e. The van der Waals surface area contributed by atoms with Crippen LogP contribution in [-0.2, 0) is 4.74 Å². The molecule has 1 aliphatic heterocycles. The Labute approximate surface area is 87.4 Å². The lowest BCUT2D eigenvalue weighted by atomic mass is 9.85. The maximum Gasteiger partial charge on any atom is 0.0639 e. The molecule has 0 aromatic rings. The van der Waals surface area contributed by atoms with Crippen molar-refractivity contribution in [2.24, 2.45) is 11.8 Å². The van der Waals surface area contributed by atoms with Gasteiger partial charge in [-0.3, -0.25) is 0 Å². The summed E-state index contributed by atoms with van der Waals surface area (Å²) in [4.78, 5) is 0. The Morgan fingerprint density at radius 2 is 1.79 bits per heavy atom. The lowest BCUT2D eigenvalue weighted by Crippen LogP contribution is -2.40. The molecule has 1 saturated heterocycles. The molecule has 1 heterocycles. The predicted octanol–water partition coefficient (Wildman–Crippen LogP) is 2.19. The van der Waals surface area contributed by atoms with Gasteiger partial charge in [-0.25, -0.2) is 0 Å². The highest BCUT2D eigenvalue weighted by Gasteiger charge is 2.32. The Morgan fingerprint density at radius 1 is 1.07 bits per heavy atom. The van der Waals surface area contributed by atoms with Gasteiger partial charge in [0.05, 0.1) is 6.10 Å². The van der Waals surface area contributed by atoms with Crippen molar-refractivity contribution in [3.05, 3.63) is 0 Å². The van der Waals surface area contributed by atoms with Crippen LogP contribution in [0, 0.1) is 11.8 Å². The molecule has 0 radical (unpaired) electrons. The number of methoxy groups -OCH3 is 1. The van der Waals surface area contributed by atoms with E-state index in [2.05, 4.69) is 5.32 Å². The van der Waals surface area contributed by atoms with Crippen molar-refractivity contribution in [1.82, 2.24) is 5.32 Å². The summed E-state index contributed by atoms with van der Waals surface area (Å²) in [6, 6.07) is 0. The van der Waals surface area contributed by atoms with E-state index < -0.39 is 0 Å². The molecule has 1 aliphatic carbocycles. The first-order chi connectivity index (χ1) is 6.92. The summed E-state index contributed by atoms with van der Waals surface area (Å²) in [5.41, 5.74) is 0. The summed E-state index contributed by atoms with van der Waals surface area (Å²) in [6.45, 7) is 2.38. The lowest BCUT2D eigenvalue weighted by molar-refractivity contribution is -0.000179. The monoisotopic (exact) mass is 197 g/mol. The van der Waals surface area contributed by atoms with E-state index >= 15 is 0 Å². The second-order valence-corrected chi connectivity index (χ2v) is 4.85. The van der Waals surface area contributed by atoms with Gasteiger partial charge in [-0.15, -0.1) is 0 Å². The summed E-state index contributed by atoms with van der Waals surface area (Å²) in [7, 11) is 1.90. The third-order valence-electron chi connectivity index (χ3n) is 3.94. The van der Waals surface area contributed by atoms with E-state index in [1.54, 1.807) is 0 Å². The minimum Gasteiger partial charge on any atom is -0.381 e. The molecule has 82 valence electrons. The summed E-state index contributed by atoms with van der Waals surface area (Å²) in [5.74, 6) is 1.63. The van der Waals surface area contributed by atoms with Crippen LogP contribution in [-0.4, -0.2) is 26.3 Å². The SMILES string of the molecule is COC(C1CCCC1)C1CCCNC1. The zero-order valence-corrected chi connectivity index (χ0v) is 9.30. The number of nitrogens with one attached hydrogen (secondary N) is 1. The maximum absolute atomic E-state index is 5.73. The van der Waals surface area contributed by atoms with Gasteiger partial charge in [0.1, 0.15) is 0 Å². The molecule has 2 rings (SSSR count). The number of hydrogen-bond donors (Lipinski definition) is 1. The Balaban J connectivity index is 1.89. The van der Waals surface area contributed by atoms with Crippen LogP contribution in [0.1, 0.15) is 38.5 Å². The second-order valence-electron chi connectivity index (χ2n) is 4.85. The number of rotatable bonds is 3. The van der Waals surface area contributed by atoms with Crippen molar-refractivity contribution in [2.75, 3.05) is 20.2 Å². The van der Waals surface area contributed by atoms with Gasteiger partial charge in [0, 0.05) is 13.7 Å². The molecule has 0 amide bonds. The van der Waals surface area contributed by atoms with E-state index in [1.165, 1.54) is 51.6 Å². The third-order valence-corrected chi connectivity index (χ3v) is 3.94. The van der Waals surface area contributed by atoms with Crippen LogP contribution in [0.5, 0.6) is 0 Å². The van der Waals surface area contributed by atoms with E-state index in [0.717, 1.165) is 11.8 Å². The van der Waals surface area contributed by atoms with Crippen molar-refractivity contribution in [1.29, 1.82) is 0 Å². The molecular formula is C12H23NO. The summed E-state index contributed by atoms with van der Waals surface area (Å²) in [6.07, 6.45) is 8.86. The highest BCUT2D eigenvalue weighted by atomic mass is 16.5. The smallest absolute Gasteiger partial charge is 0.0639 e. The fourth-order valence-corrected chi connectivity index (χ4v) is 3.21. The number of ether oxygens (including phenoxy) is 1. The molecule has 0 aromatic heterocycles. The maximum atomic E-state index is 5.73. The number of hydrogen-bond acceptors (Lipinski definition) is 2. The van der Waals surface area contributed by atoms with Crippen molar-refractivity contribution in [3.63, 3.8) is 0 Å². The summed E-state index contributed by atoms with van der Waals surface area (Å²) >= 11 is 0. The first-order valence-corrected chi connectivity index (χ1v) is 6.15. The average Bonchev–Trinajstić information content (AvgIpc) is 2.74. The molecule has 14 heavy (non-hydrogen) atoms. The number of piperidine rings is 1. The fraction of sp³-hybridized carbons (Fsp3) is 1.00. The molecule has 0 aromatic carbocycles. The van der Waals surface area contributed by atoms with Crippen molar-refractivity contribution < 1.29 is 4.74 Å². The molecule has 0 bridgehead atoms. The fourth-order valence-electron chi connectivity index (χ4n) is 3.21. The first kappa shape index (κ1) is 10.4. The molecule has 2 atom stereocenters. The van der Waals surface area contributed by atoms with E-state index in [0.29, 0.717) is 6.10 Å². The molecular weight excluding hydrogens is 174 g/mol. The Morgan fingerprint density at radius 3 is 2.36 bits per heavy atom. The average molecular weight is 197 g/mol. The summed E-state index contributed by atoms with van der Waals surface area (Å²) in [5, 5.41) is 3.49. The Hall–Kier alpha value is -0.0800. The van der Waals surface area contributed by atoms with Gasteiger partial charge in [-0.1, -0.05) is 12.8 Å². The molecule has 2 fully saturated rings. The van der Waals surface area contributed by atoms with Gasteiger partial charge in [0.15, 0.2) is 0 Å². The van der Waals surface area contributed by atoms with Crippen LogP contribution in [0.15, 0.2) is 0 Å². The van der Waals surface area contributed by atoms with E-state index in [4.69, 9.17) is 4.74 Å². The first-order valence-electron chi connectivity index (χ1n) is 6.15. The molecule has 2 unspecified atom stereocenters. The van der Waals surface area contributed by atoms with Crippen LogP contribution in [0.25, 0.3) is 0 Å². The van der Waals surface area contributed by atoms with Crippen LogP contribution >= 0.6 is 0 Å². The molecule has 0 spiro atoms. The van der Waals surface area contributed by atoms with Crippen molar-refractivity contribution >= 4 is 0 Å². The van der Waals surface area contributed by atoms with Gasteiger partial charge in [-0.2, -0.15) is 0 Å². The normalized spacial score (nSPS) is 31.9. The zero-order valence-electron chi connectivity index (χ0n) is 9.30. The Bertz CT molecular complexity index is 160. The van der Waals surface area contributed by atoms with E-state index in [9.17, 15) is 0 Å². The molecule has 1 N–H and O–H groups in total. The van der Waals surface area contributed by atoms with Gasteiger partial charge in [-0.05, 0) is 44.1 Å². The third kappa shape index (κ3) is 2.29. The van der Waals surface area contributed by atoms with Crippen molar-refractivity contribution in [3.8, 4) is 0 Å². The molecule has 1 saturated carbocycles. The van der Waals surface area contributed by atoms with Gasteiger partial charge >= 0.3 is 0 Å². The molecule has 2 aliphatic rings. The second kappa shape index (κ2) is 5.13. The van der Waals surface area contributed by atoms with Crippen molar-refractivity contribution in [2.45, 2.75) is 44.6 Å². The standard InChI is InChI=1S/C12H23NO/c1-14-12(10-5-2-3-6-10)11-7-4-8-13-9-11/h10-13H,2-9H2,1H3.